The van der Waals surface area contributed by atoms with Crippen molar-refractivity contribution in [2.24, 2.45) is 5.92 Å². The number of rotatable bonds is 6. The quantitative estimate of drug-likeness (QED) is 0.782. The summed E-state index contributed by atoms with van der Waals surface area (Å²) in [6.07, 6.45) is 4.73. The Bertz CT molecular complexity index is 488. The van der Waals surface area contributed by atoms with E-state index in [1.807, 2.05) is 6.92 Å². The Labute approximate surface area is 123 Å². The molecular formula is C15H21NO5. The van der Waals surface area contributed by atoms with Crippen LogP contribution in [0.25, 0.3) is 0 Å². The van der Waals surface area contributed by atoms with Gasteiger partial charge in [0.2, 0.25) is 0 Å². The van der Waals surface area contributed by atoms with Crippen molar-refractivity contribution < 1.29 is 23.8 Å². The Balaban J connectivity index is 1.73. The van der Waals surface area contributed by atoms with Crippen molar-refractivity contribution in [2.45, 2.75) is 45.2 Å². The van der Waals surface area contributed by atoms with Crippen LogP contribution in [-0.4, -0.2) is 29.7 Å². The summed E-state index contributed by atoms with van der Waals surface area (Å²) in [5.41, 5.74) is 0.165. The Morgan fingerprint density at radius 1 is 1.38 bits per heavy atom. The molecular weight excluding hydrogens is 274 g/mol. The van der Waals surface area contributed by atoms with Crippen molar-refractivity contribution in [2.75, 3.05) is 6.61 Å². The lowest BCUT2D eigenvalue weighted by molar-refractivity contribution is -0.149. The molecule has 6 heteroatoms. The largest absolute Gasteiger partial charge is 0.478 e. The first-order valence-electron chi connectivity index (χ1n) is 7.31. The number of ether oxygens (including phenoxy) is 1. The number of esters is 1. The summed E-state index contributed by atoms with van der Waals surface area (Å²) in [6, 6.07) is 1.86. The number of hydrogen-bond donors (Lipinski definition) is 2. The van der Waals surface area contributed by atoms with Crippen LogP contribution in [0.4, 0.5) is 0 Å². The summed E-state index contributed by atoms with van der Waals surface area (Å²) in [7, 11) is 0. The van der Waals surface area contributed by atoms with E-state index in [1.165, 1.54) is 12.3 Å². The average molecular weight is 295 g/mol. The van der Waals surface area contributed by atoms with Gasteiger partial charge in [-0.1, -0.05) is 0 Å². The van der Waals surface area contributed by atoms with E-state index in [-0.39, 0.29) is 17.5 Å². The summed E-state index contributed by atoms with van der Waals surface area (Å²) in [5.74, 6) is -0.446. The van der Waals surface area contributed by atoms with Gasteiger partial charge in [-0.15, -0.1) is 0 Å². The predicted octanol–water partition coefficient (Wildman–Crippen LogP) is 2.19. The van der Waals surface area contributed by atoms with Crippen molar-refractivity contribution in [1.82, 2.24) is 5.32 Å². The van der Waals surface area contributed by atoms with Gasteiger partial charge in [0.15, 0.2) is 0 Å². The average Bonchev–Trinajstić information content (AvgIpc) is 2.95. The van der Waals surface area contributed by atoms with Crippen LogP contribution in [-0.2, 0) is 16.1 Å². The van der Waals surface area contributed by atoms with Gasteiger partial charge in [-0.05, 0) is 38.7 Å². The third-order valence-corrected chi connectivity index (χ3v) is 3.81. The lowest BCUT2D eigenvalue weighted by Gasteiger charge is -2.27. The van der Waals surface area contributed by atoms with Crippen LogP contribution < -0.4 is 5.32 Å². The highest BCUT2D eigenvalue weighted by molar-refractivity contribution is 5.87. The molecule has 0 aromatic carbocycles. The predicted molar refractivity (Wildman–Crippen MR) is 74.9 cm³/mol. The molecule has 1 saturated carbocycles. The van der Waals surface area contributed by atoms with Gasteiger partial charge in [0.05, 0.1) is 24.6 Å². The summed E-state index contributed by atoms with van der Waals surface area (Å²) in [5, 5.41) is 12.2. The number of aromatic carboxylic acids is 1. The van der Waals surface area contributed by atoms with E-state index >= 15 is 0 Å². The van der Waals surface area contributed by atoms with E-state index in [2.05, 4.69) is 5.32 Å². The van der Waals surface area contributed by atoms with E-state index in [0.29, 0.717) is 25.0 Å². The highest BCUT2D eigenvalue weighted by Gasteiger charge is 2.27. The van der Waals surface area contributed by atoms with Crippen LogP contribution in [0.1, 0.15) is 48.7 Å². The Hall–Kier alpha value is -1.82. The van der Waals surface area contributed by atoms with E-state index in [9.17, 15) is 9.59 Å². The second-order valence-corrected chi connectivity index (χ2v) is 5.29. The van der Waals surface area contributed by atoms with Gasteiger partial charge >= 0.3 is 11.9 Å². The second-order valence-electron chi connectivity index (χ2n) is 5.29. The van der Waals surface area contributed by atoms with Crippen molar-refractivity contribution in [3.8, 4) is 0 Å². The number of carboxylic acids is 1. The normalized spacial score (nSPS) is 22.0. The highest BCUT2D eigenvalue weighted by Crippen LogP contribution is 2.25. The van der Waals surface area contributed by atoms with Gasteiger partial charge in [-0.3, -0.25) is 4.79 Å². The van der Waals surface area contributed by atoms with Crippen LogP contribution in [0.3, 0.4) is 0 Å². The Morgan fingerprint density at radius 3 is 2.67 bits per heavy atom. The number of carbonyl (C=O) groups is 2. The molecule has 1 fully saturated rings. The minimum atomic E-state index is -0.986. The standard InChI is InChI=1S/C15H21NO5/c1-2-20-15(19)10-3-5-12(6-4-10)16-8-13-7-11(9-21-13)14(17)18/h7,9-10,12,16H,2-6,8H2,1H3,(H,17,18). The molecule has 0 spiro atoms. The first kappa shape index (κ1) is 15.6. The highest BCUT2D eigenvalue weighted by atomic mass is 16.5. The molecule has 1 heterocycles. The van der Waals surface area contributed by atoms with Gasteiger partial charge in [0.25, 0.3) is 0 Å². The van der Waals surface area contributed by atoms with Gasteiger partial charge in [-0.2, -0.15) is 0 Å². The fraction of sp³-hybridized carbons (Fsp3) is 0.600. The van der Waals surface area contributed by atoms with E-state index in [4.69, 9.17) is 14.3 Å². The molecule has 2 N–H and O–H groups in total. The minimum absolute atomic E-state index is 0.0187. The lowest BCUT2D eigenvalue weighted by atomic mass is 9.86. The van der Waals surface area contributed by atoms with Gasteiger partial charge in [-0.25, -0.2) is 4.79 Å². The maximum Gasteiger partial charge on any atom is 0.338 e. The molecule has 1 aliphatic carbocycles. The summed E-state index contributed by atoms with van der Waals surface area (Å²) >= 11 is 0. The van der Waals surface area contributed by atoms with Gasteiger partial charge in [0, 0.05) is 6.04 Å². The first-order valence-corrected chi connectivity index (χ1v) is 7.31. The number of carboxylic acid groups (broad SMARTS) is 1. The van der Waals surface area contributed by atoms with Crippen LogP contribution >= 0.6 is 0 Å². The topological polar surface area (TPSA) is 88.8 Å². The van der Waals surface area contributed by atoms with Crippen molar-refractivity contribution in [3.63, 3.8) is 0 Å². The third kappa shape index (κ3) is 4.32. The van der Waals surface area contributed by atoms with Crippen LogP contribution in [0.2, 0.25) is 0 Å². The molecule has 21 heavy (non-hydrogen) atoms. The molecule has 0 atom stereocenters. The maximum atomic E-state index is 11.6. The zero-order valence-corrected chi connectivity index (χ0v) is 12.1. The molecule has 0 bridgehead atoms. The zero-order valence-electron chi connectivity index (χ0n) is 12.1. The molecule has 116 valence electrons. The number of hydrogen-bond acceptors (Lipinski definition) is 5. The summed E-state index contributed by atoms with van der Waals surface area (Å²) < 4.78 is 10.2. The van der Waals surface area contributed by atoms with Gasteiger partial charge < -0.3 is 19.6 Å². The number of nitrogens with one attached hydrogen (secondary N) is 1. The van der Waals surface area contributed by atoms with Crippen molar-refractivity contribution in [3.05, 3.63) is 23.7 Å². The van der Waals surface area contributed by atoms with Crippen molar-refractivity contribution in [1.29, 1.82) is 0 Å². The Morgan fingerprint density at radius 2 is 2.10 bits per heavy atom. The van der Waals surface area contributed by atoms with E-state index < -0.39 is 5.97 Å². The lowest BCUT2D eigenvalue weighted by Crippen LogP contribution is -2.35. The molecule has 0 aliphatic heterocycles. The molecule has 1 aromatic heterocycles. The molecule has 0 radical (unpaired) electrons. The van der Waals surface area contributed by atoms with E-state index in [0.717, 1.165) is 25.7 Å². The number of carbonyl (C=O) groups excluding carboxylic acids is 1. The maximum absolute atomic E-state index is 11.6. The smallest absolute Gasteiger partial charge is 0.338 e. The molecule has 6 nitrogen and oxygen atoms in total. The Kier molecular flexibility index (Phi) is 5.38. The van der Waals surface area contributed by atoms with Crippen LogP contribution in [0.5, 0.6) is 0 Å². The van der Waals surface area contributed by atoms with Crippen LogP contribution in [0, 0.1) is 5.92 Å². The minimum Gasteiger partial charge on any atom is -0.478 e. The zero-order chi connectivity index (χ0) is 15.2. The molecule has 1 aliphatic rings. The second kappa shape index (κ2) is 7.26. The molecule has 0 unspecified atom stereocenters. The fourth-order valence-corrected chi connectivity index (χ4v) is 2.62. The number of furan rings is 1. The molecule has 2 rings (SSSR count). The molecule has 1 aromatic rings. The SMILES string of the molecule is CCOC(=O)C1CCC(NCc2cc(C(=O)O)co2)CC1. The van der Waals surface area contributed by atoms with E-state index in [1.54, 1.807) is 0 Å². The summed E-state index contributed by atoms with van der Waals surface area (Å²) in [6.45, 7) is 2.75. The molecule has 0 saturated heterocycles. The van der Waals surface area contributed by atoms with Gasteiger partial charge in [0.1, 0.15) is 12.0 Å². The van der Waals surface area contributed by atoms with Crippen LogP contribution in [0.15, 0.2) is 16.7 Å². The van der Waals surface area contributed by atoms with Crippen molar-refractivity contribution >= 4 is 11.9 Å². The first-order chi connectivity index (χ1) is 10.1. The third-order valence-electron chi connectivity index (χ3n) is 3.81. The fourth-order valence-electron chi connectivity index (χ4n) is 2.62. The summed E-state index contributed by atoms with van der Waals surface area (Å²) in [4.78, 5) is 22.4. The monoisotopic (exact) mass is 295 g/mol. The molecule has 0 amide bonds.